The van der Waals surface area contributed by atoms with Crippen molar-refractivity contribution >= 4 is 34.7 Å². The second-order valence-electron chi connectivity index (χ2n) is 4.91. The minimum absolute atomic E-state index is 0.00703. The maximum atomic E-state index is 11.9. The molecule has 0 aliphatic carbocycles. The highest BCUT2D eigenvalue weighted by Gasteiger charge is 2.15. The number of amides is 1. The van der Waals surface area contributed by atoms with Crippen molar-refractivity contribution in [1.29, 1.82) is 0 Å². The molecule has 1 aromatic carbocycles. The summed E-state index contributed by atoms with van der Waals surface area (Å²) in [6.07, 6.45) is 2.28. The van der Waals surface area contributed by atoms with Crippen LogP contribution in [0.4, 0.5) is 5.95 Å². The first-order chi connectivity index (χ1) is 9.81. The number of para-hydroxylation sites is 2. The number of nitrogens with one attached hydrogen (secondary N) is 3. The molecular weight excluding hydrogens is 272 g/mol. The number of piperidine rings is 1. The maximum absolute atomic E-state index is 11.9. The molecule has 0 bridgehead atoms. The minimum Gasteiger partial charge on any atom is -0.324 e. The molecule has 106 valence electrons. The van der Waals surface area contributed by atoms with Crippen LogP contribution in [0.15, 0.2) is 24.3 Å². The SMILES string of the molecule is O=C(CSC1CCNCC1)Nc1nc2ccccc2[nH]1. The van der Waals surface area contributed by atoms with Gasteiger partial charge in [0.25, 0.3) is 0 Å². The third-order valence-electron chi connectivity index (χ3n) is 3.38. The molecule has 3 N–H and O–H groups in total. The fourth-order valence-corrected chi connectivity index (χ4v) is 3.36. The van der Waals surface area contributed by atoms with Gasteiger partial charge in [-0.1, -0.05) is 12.1 Å². The predicted octanol–water partition coefficient (Wildman–Crippen LogP) is 1.99. The van der Waals surface area contributed by atoms with E-state index in [1.165, 1.54) is 0 Å². The Balaban J connectivity index is 1.52. The van der Waals surface area contributed by atoms with E-state index in [1.54, 1.807) is 11.8 Å². The number of aromatic amines is 1. The van der Waals surface area contributed by atoms with Crippen molar-refractivity contribution in [2.24, 2.45) is 0 Å². The van der Waals surface area contributed by atoms with Crippen LogP contribution in [0.3, 0.4) is 0 Å². The number of rotatable bonds is 4. The van der Waals surface area contributed by atoms with Gasteiger partial charge < -0.3 is 10.3 Å². The maximum Gasteiger partial charge on any atom is 0.236 e. The van der Waals surface area contributed by atoms with Crippen LogP contribution in [0, 0.1) is 0 Å². The summed E-state index contributed by atoms with van der Waals surface area (Å²) in [5.74, 6) is 1.02. The van der Waals surface area contributed by atoms with E-state index >= 15 is 0 Å². The van der Waals surface area contributed by atoms with E-state index in [0.717, 1.165) is 37.0 Å². The van der Waals surface area contributed by atoms with Gasteiger partial charge in [0.15, 0.2) is 0 Å². The van der Waals surface area contributed by atoms with Crippen molar-refractivity contribution in [2.75, 3.05) is 24.2 Å². The lowest BCUT2D eigenvalue weighted by atomic mass is 10.2. The smallest absolute Gasteiger partial charge is 0.236 e. The largest absolute Gasteiger partial charge is 0.324 e. The number of benzene rings is 1. The van der Waals surface area contributed by atoms with Crippen LogP contribution >= 0.6 is 11.8 Å². The Kier molecular flexibility index (Phi) is 4.22. The van der Waals surface area contributed by atoms with Crippen molar-refractivity contribution in [3.63, 3.8) is 0 Å². The number of H-pyrrole nitrogens is 1. The average Bonchev–Trinajstić information content (AvgIpc) is 2.88. The highest BCUT2D eigenvalue weighted by molar-refractivity contribution is 8.00. The van der Waals surface area contributed by atoms with Gasteiger partial charge in [0, 0.05) is 5.25 Å². The number of carbonyl (C=O) groups is 1. The first kappa shape index (κ1) is 13.5. The predicted molar refractivity (Wildman–Crippen MR) is 83.1 cm³/mol. The molecule has 1 aliphatic rings. The number of carbonyl (C=O) groups excluding carboxylic acids is 1. The highest BCUT2D eigenvalue weighted by Crippen LogP contribution is 2.20. The van der Waals surface area contributed by atoms with E-state index in [9.17, 15) is 4.79 Å². The molecule has 20 heavy (non-hydrogen) atoms. The van der Waals surface area contributed by atoms with Crippen LogP contribution < -0.4 is 10.6 Å². The second-order valence-corrected chi connectivity index (χ2v) is 6.20. The monoisotopic (exact) mass is 290 g/mol. The Morgan fingerprint density at radius 2 is 2.15 bits per heavy atom. The minimum atomic E-state index is 0.00703. The molecule has 6 heteroatoms. The molecule has 0 saturated carbocycles. The number of nitrogens with zero attached hydrogens (tertiary/aromatic N) is 1. The Morgan fingerprint density at radius 3 is 2.95 bits per heavy atom. The molecule has 0 spiro atoms. The summed E-state index contributed by atoms with van der Waals surface area (Å²) in [4.78, 5) is 19.4. The van der Waals surface area contributed by atoms with Gasteiger partial charge in [-0.3, -0.25) is 10.1 Å². The molecule has 0 atom stereocenters. The van der Waals surface area contributed by atoms with Gasteiger partial charge in [-0.25, -0.2) is 4.98 Å². The van der Waals surface area contributed by atoms with E-state index < -0.39 is 0 Å². The van der Waals surface area contributed by atoms with E-state index in [1.807, 2.05) is 24.3 Å². The molecule has 2 aromatic rings. The molecule has 0 unspecified atom stereocenters. The van der Waals surface area contributed by atoms with Crippen molar-refractivity contribution in [3.05, 3.63) is 24.3 Å². The van der Waals surface area contributed by atoms with Gasteiger partial charge in [-0.05, 0) is 38.1 Å². The van der Waals surface area contributed by atoms with Crippen molar-refractivity contribution in [3.8, 4) is 0 Å². The number of fused-ring (bicyclic) bond motifs is 1. The van der Waals surface area contributed by atoms with Crippen molar-refractivity contribution < 1.29 is 4.79 Å². The van der Waals surface area contributed by atoms with Gasteiger partial charge in [0.1, 0.15) is 0 Å². The quantitative estimate of drug-likeness (QED) is 0.805. The van der Waals surface area contributed by atoms with E-state index in [-0.39, 0.29) is 5.91 Å². The molecule has 5 nitrogen and oxygen atoms in total. The molecule has 1 amide bonds. The van der Waals surface area contributed by atoms with Crippen molar-refractivity contribution in [1.82, 2.24) is 15.3 Å². The number of hydrogen-bond acceptors (Lipinski definition) is 4. The lowest BCUT2D eigenvalue weighted by molar-refractivity contribution is -0.113. The first-order valence-corrected chi connectivity index (χ1v) is 7.93. The van der Waals surface area contributed by atoms with E-state index in [2.05, 4.69) is 20.6 Å². The zero-order valence-corrected chi connectivity index (χ0v) is 12.0. The summed E-state index contributed by atoms with van der Waals surface area (Å²) in [5.41, 5.74) is 1.81. The van der Waals surface area contributed by atoms with Crippen molar-refractivity contribution in [2.45, 2.75) is 18.1 Å². The first-order valence-electron chi connectivity index (χ1n) is 6.88. The second kappa shape index (κ2) is 6.28. The highest BCUT2D eigenvalue weighted by atomic mass is 32.2. The summed E-state index contributed by atoms with van der Waals surface area (Å²) >= 11 is 1.74. The van der Waals surface area contributed by atoms with Crippen LogP contribution in [0.2, 0.25) is 0 Å². The number of thioether (sulfide) groups is 1. The Bertz CT molecular complexity index is 559. The van der Waals surface area contributed by atoms with Gasteiger partial charge in [0.05, 0.1) is 16.8 Å². The molecular formula is C14H18N4OS. The van der Waals surface area contributed by atoms with Gasteiger partial charge in [-0.2, -0.15) is 0 Å². The topological polar surface area (TPSA) is 69.8 Å². The van der Waals surface area contributed by atoms with Crippen LogP contribution in [0.5, 0.6) is 0 Å². The summed E-state index contributed by atoms with van der Waals surface area (Å²) in [6, 6.07) is 7.74. The van der Waals surface area contributed by atoms with Crippen LogP contribution in [0.25, 0.3) is 11.0 Å². The van der Waals surface area contributed by atoms with Crippen LogP contribution in [-0.4, -0.2) is 40.0 Å². The van der Waals surface area contributed by atoms with E-state index in [4.69, 9.17) is 0 Å². The molecule has 1 saturated heterocycles. The summed E-state index contributed by atoms with van der Waals surface area (Å²) in [7, 11) is 0. The molecule has 2 heterocycles. The summed E-state index contributed by atoms with van der Waals surface area (Å²) < 4.78 is 0. The Labute approximate surface area is 121 Å². The van der Waals surface area contributed by atoms with E-state index in [0.29, 0.717) is 17.0 Å². The molecule has 1 aliphatic heterocycles. The summed E-state index contributed by atoms with van der Waals surface area (Å²) in [5, 5.41) is 6.75. The number of aromatic nitrogens is 2. The number of imidazole rings is 1. The molecule has 1 aromatic heterocycles. The lowest BCUT2D eigenvalue weighted by Gasteiger charge is -2.21. The number of anilines is 1. The number of hydrogen-bond donors (Lipinski definition) is 3. The fourth-order valence-electron chi connectivity index (χ4n) is 2.34. The molecule has 1 fully saturated rings. The third kappa shape index (κ3) is 3.32. The molecule has 3 rings (SSSR count). The van der Waals surface area contributed by atoms with Gasteiger partial charge in [0.2, 0.25) is 11.9 Å². The average molecular weight is 290 g/mol. The zero-order chi connectivity index (χ0) is 13.8. The fraction of sp³-hybridized carbons (Fsp3) is 0.429. The standard InChI is InChI=1S/C14H18N4OS/c19-13(9-20-10-5-7-15-8-6-10)18-14-16-11-3-1-2-4-12(11)17-14/h1-4,10,15H,5-9H2,(H2,16,17,18,19). The zero-order valence-electron chi connectivity index (χ0n) is 11.2. The lowest BCUT2D eigenvalue weighted by Crippen LogP contribution is -2.30. The normalized spacial score (nSPS) is 16.4. The van der Waals surface area contributed by atoms with Gasteiger partial charge >= 0.3 is 0 Å². The van der Waals surface area contributed by atoms with Crippen LogP contribution in [-0.2, 0) is 4.79 Å². The van der Waals surface area contributed by atoms with Gasteiger partial charge in [-0.15, -0.1) is 11.8 Å². The Morgan fingerprint density at radius 1 is 1.35 bits per heavy atom. The Hall–Kier alpha value is -1.53. The summed E-state index contributed by atoms with van der Waals surface area (Å²) in [6.45, 7) is 2.12. The molecule has 0 radical (unpaired) electrons. The van der Waals surface area contributed by atoms with Crippen LogP contribution in [0.1, 0.15) is 12.8 Å². The third-order valence-corrected chi connectivity index (χ3v) is 4.76.